The summed E-state index contributed by atoms with van der Waals surface area (Å²) in [6.07, 6.45) is -12.0. The standard InChI is InChI=1S/C20H9F11N2O2/c21-6-1-8(23)12(3-10(6)32)34-14-5-15(35-13-4-11(33)7(22)2-9(13)24)18(25)17(20(29,30)31)16(14)19(26,27)28/h1-5H,32-33H2. The lowest BCUT2D eigenvalue weighted by Crippen LogP contribution is -2.20. The topological polar surface area (TPSA) is 70.5 Å². The van der Waals surface area contributed by atoms with E-state index >= 15 is 0 Å². The van der Waals surface area contributed by atoms with E-state index in [2.05, 4.69) is 9.47 Å². The molecule has 0 saturated carbocycles. The lowest BCUT2D eigenvalue weighted by molar-refractivity contribution is -0.164. The molecule has 0 radical (unpaired) electrons. The number of hydrogen-bond donors (Lipinski definition) is 2. The molecule has 0 aliphatic rings. The van der Waals surface area contributed by atoms with Gasteiger partial charge in [-0.05, 0) is 0 Å². The first-order valence-corrected chi connectivity index (χ1v) is 8.86. The van der Waals surface area contributed by atoms with Crippen LogP contribution in [0.25, 0.3) is 0 Å². The summed E-state index contributed by atoms with van der Waals surface area (Å²) in [6.45, 7) is 0. The maximum Gasteiger partial charge on any atom is 0.420 e. The summed E-state index contributed by atoms with van der Waals surface area (Å²) < 4.78 is 160. The van der Waals surface area contributed by atoms with E-state index < -0.39 is 86.9 Å². The predicted octanol–water partition coefficient (Wildman–Crippen LogP) is 7.17. The molecular weight excluding hydrogens is 509 g/mol. The SMILES string of the molecule is Nc1cc(Oc2cc(Oc3cc(N)c(F)cc3F)c(C(F)(F)F)c(C(F)(F)F)c2F)c(F)cc1F. The largest absolute Gasteiger partial charge is 0.453 e. The van der Waals surface area contributed by atoms with Gasteiger partial charge in [0.05, 0.1) is 11.4 Å². The van der Waals surface area contributed by atoms with Gasteiger partial charge in [-0.25, -0.2) is 22.0 Å². The van der Waals surface area contributed by atoms with Gasteiger partial charge in [-0.3, -0.25) is 0 Å². The minimum absolute atomic E-state index is 0.0696. The molecule has 35 heavy (non-hydrogen) atoms. The van der Waals surface area contributed by atoms with Crippen LogP contribution in [0.3, 0.4) is 0 Å². The number of halogens is 11. The molecule has 188 valence electrons. The number of nitrogen functional groups attached to an aromatic ring is 2. The Bertz CT molecular complexity index is 1300. The highest BCUT2D eigenvalue weighted by molar-refractivity contribution is 5.55. The second-order valence-corrected chi connectivity index (χ2v) is 6.74. The van der Waals surface area contributed by atoms with Crippen molar-refractivity contribution in [3.63, 3.8) is 0 Å². The summed E-state index contributed by atoms with van der Waals surface area (Å²) >= 11 is 0. The van der Waals surface area contributed by atoms with Gasteiger partial charge in [-0.15, -0.1) is 0 Å². The van der Waals surface area contributed by atoms with Crippen molar-refractivity contribution < 1.29 is 57.8 Å². The van der Waals surface area contributed by atoms with Crippen molar-refractivity contribution in [1.82, 2.24) is 0 Å². The van der Waals surface area contributed by atoms with Gasteiger partial charge in [0.2, 0.25) is 0 Å². The number of hydrogen-bond acceptors (Lipinski definition) is 4. The Kier molecular flexibility index (Phi) is 6.39. The van der Waals surface area contributed by atoms with Gasteiger partial charge in [-0.1, -0.05) is 0 Å². The minimum atomic E-state index is -6.03. The zero-order valence-corrected chi connectivity index (χ0v) is 16.5. The van der Waals surface area contributed by atoms with Gasteiger partial charge in [0.15, 0.2) is 34.7 Å². The van der Waals surface area contributed by atoms with E-state index in [1.165, 1.54) is 0 Å². The molecule has 15 heteroatoms. The summed E-state index contributed by atoms with van der Waals surface area (Å²) in [6, 6.07) is 0.801. The first-order valence-electron chi connectivity index (χ1n) is 8.86. The monoisotopic (exact) mass is 518 g/mol. The van der Waals surface area contributed by atoms with Gasteiger partial charge in [0.25, 0.3) is 0 Å². The summed E-state index contributed by atoms with van der Waals surface area (Å²) in [4.78, 5) is 0. The lowest BCUT2D eigenvalue weighted by atomic mass is 10.0. The minimum Gasteiger partial charge on any atom is -0.453 e. The average Bonchev–Trinajstić information content (AvgIpc) is 2.70. The fourth-order valence-electron chi connectivity index (χ4n) is 2.80. The fourth-order valence-corrected chi connectivity index (χ4v) is 2.80. The average molecular weight is 518 g/mol. The molecule has 0 aliphatic heterocycles. The van der Waals surface area contributed by atoms with Crippen LogP contribution in [0.2, 0.25) is 0 Å². The van der Waals surface area contributed by atoms with Crippen molar-refractivity contribution in [2.24, 2.45) is 0 Å². The fraction of sp³-hybridized carbons (Fsp3) is 0.100. The second kappa shape index (κ2) is 8.70. The van der Waals surface area contributed by atoms with Crippen molar-refractivity contribution in [2.45, 2.75) is 12.4 Å². The molecule has 0 aromatic heterocycles. The van der Waals surface area contributed by atoms with Crippen molar-refractivity contribution in [2.75, 3.05) is 11.5 Å². The third kappa shape index (κ3) is 5.12. The molecule has 0 aliphatic carbocycles. The van der Waals surface area contributed by atoms with Crippen molar-refractivity contribution in [1.29, 1.82) is 0 Å². The quantitative estimate of drug-likeness (QED) is 0.284. The molecule has 4 N–H and O–H groups in total. The number of rotatable bonds is 4. The molecule has 0 atom stereocenters. The number of alkyl halides is 6. The van der Waals surface area contributed by atoms with Crippen LogP contribution in [-0.4, -0.2) is 0 Å². The number of nitrogens with two attached hydrogens (primary N) is 2. The molecule has 3 aromatic rings. The van der Waals surface area contributed by atoms with Gasteiger partial charge < -0.3 is 20.9 Å². The first kappa shape index (κ1) is 25.7. The van der Waals surface area contributed by atoms with E-state index in [0.717, 1.165) is 0 Å². The molecule has 3 aromatic carbocycles. The number of anilines is 2. The Morgan fingerprint density at radius 2 is 0.886 bits per heavy atom. The zero-order valence-electron chi connectivity index (χ0n) is 16.5. The van der Waals surface area contributed by atoms with Crippen LogP contribution in [0.4, 0.5) is 59.7 Å². The normalized spacial score (nSPS) is 12.1. The Balaban J connectivity index is 2.31. The smallest absolute Gasteiger partial charge is 0.420 e. The van der Waals surface area contributed by atoms with Crippen molar-refractivity contribution >= 4 is 11.4 Å². The summed E-state index contributed by atoms with van der Waals surface area (Å²) in [7, 11) is 0. The zero-order chi connectivity index (χ0) is 26.5. The van der Waals surface area contributed by atoms with E-state index in [0.29, 0.717) is 12.1 Å². The van der Waals surface area contributed by atoms with Crippen molar-refractivity contribution in [3.05, 3.63) is 70.5 Å². The Hall–Kier alpha value is -3.91. The summed E-state index contributed by atoms with van der Waals surface area (Å²) in [5.41, 5.74) is 3.01. The van der Waals surface area contributed by atoms with Crippen LogP contribution >= 0.6 is 0 Å². The van der Waals surface area contributed by atoms with Gasteiger partial charge in [-0.2, -0.15) is 26.3 Å². The van der Waals surface area contributed by atoms with E-state index in [4.69, 9.17) is 11.5 Å². The predicted molar refractivity (Wildman–Crippen MR) is 98.1 cm³/mol. The Labute approximate surface area is 187 Å². The number of ether oxygens (including phenoxy) is 2. The van der Waals surface area contributed by atoms with E-state index in [-0.39, 0.29) is 18.2 Å². The molecule has 0 amide bonds. The molecule has 4 nitrogen and oxygen atoms in total. The molecule has 0 bridgehead atoms. The Morgan fingerprint density at radius 3 is 1.29 bits per heavy atom. The van der Waals surface area contributed by atoms with Crippen LogP contribution in [0.1, 0.15) is 11.1 Å². The van der Waals surface area contributed by atoms with Crippen molar-refractivity contribution in [3.8, 4) is 23.0 Å². The van der Waals surface area contributed by atoms with Crippen LogP contribution < -0.4 is 20.9 Å². The van der Waals surface area contributed by atoms with Gasteiger partial charge in [0, 0.05) is 30.3 Å². The van der Waals surface area contributed by atoms with Crippen LogP contribution in [0.15, 0.2) is 30.3 Å². The van der Waals surface area contributed by atoms with Crippen LogP contribution in [0, 0.1) is 29.1 Å². The molecule has 0 fully saturated rings. The van der Waals surface area contributed by atoms with Gasteiger partial charge >= 0.3 is 12.4 Å². The molecule has 0 spiro atoms. The van der Waals surface area contributed by atoms with E-state index in [9.17, 15) is 48.3 Å². The maximum absolute atomic E-state index is 14.7. The highest BCUT2D eigenvalue weighted by Crippen LogP contribution is 2.50. The highest BCUT2D eigenvalue weighted by Gasteiger charge is 2.49. The molecular formula is C20H9F11N2O2. The van der Waals surface area contributed by atoms with Crippen LogP contribution in [0.5, 0.6) is 23.0 Å². The number of benzene rings is 3. The van der Waals surface area contributed by atoms with E-state index in [1.54, 1.807) is 0 Å². The maximum atomic E-state index is 14.7. The van der Waals surface area contributed by atoms with Gasteiger partial charge in [0.1, 0.15) is 28.5 Å². The van der Waals surface area contributed by atoms with Crippen LogP contribution in [-0.2, 0) is 12.4 Å². The molecule has 0 unspecified atom stereocenters. The Morgan fingerprint density at radius 1 is 0.486 bits per heavy atom. The third-order valence-electron chi connectivity index (χ3n) is 4.30. The third-order valence-corrected chi connectivity index (χ3v) is 4.30. The van der Waals surface area contributed by atoms with E-state index in [1.807, 2.05) is 0 Å². The highest BCUT2D eigenvalue weighted by atomic mass is 19.4. The lowest BCUT2D eigenvalue weighted by Gasteiger charge is -2.22. The molecule has 0 heterocycles. The molecule has 0 saturated heterocycles. The second-order valence-electron chi connectivity index (χ2n) is 6.74. The summed E-state index contributed by atoms with van der Waals surface area (Å²) in [5, 5.41) is 0. The summed E-state index contributed by atoms with van der Waals surface area (Å²) in [5.74, 6) is -14.6. The molecule has 3 rings (SSSR count). The first-order chi connectivity index (χ1) is 16.0.